The Morgan fingerprint density at radius 3 is 2.71 bits per heavy atom. The van der Waals surface area contributed by atoms with E-state index >= 15 is 0 Å². The number of nitrogens with zero attached hydrogens (tertiary/aromatic N) is 4. The Kier molecular flexibility index (Phi) is 5.50. The Morgan fingerprint density at radius 2 is 1.96 bits per heavy atom. The molecule has 2 aliphatic heterocycles. The van der Waals surface area contributed by atoms with Crippen LogP contribution in [0.5, 0.6) is 11.5 Å². The van der Waals surface area contributed by atoms with Gasteiger partial charge in [0.25, 0.3) is 0 Å². The molecule has 0 aliphatic carbocycles. The lowest BCUT2D eigenvalue weighted by Crippen LogP contribution is -2.51. The summed E-state index contributed by atoms with van der Waals surface area (Å²) in [7, 11) is 0. The molecule has 3 heterocycles. The standard InChI is InChI=1S/C19H20ClN5O2S/c20-13-11-17-18(21-12-13)16(5-10-27-17)22-23-19(28)25-8-6-24(7-9-25)14-1-3-15(26)4-2-14/h1-4,11-12,26H,5-10H2,(H,23,28)/b22-16-. The van der Waals surface area contributed by atoms with Crippen LogP contribution in [0, 0.1) is 0 Å². The summed E-state index contributed by atoms with van der Waals surface area (Å²) in [6, 6.07) is 9.01. The van der Waals surface area contributed by atoms with Gasteiger partial charge in [0.05, 0.1) is 17.3 Å². The molecule has 2 aliphatic rings. The molecule has 1 aromatic carbocycles. The molecule has 0 atom stereocenters. The number of anilines is 1. The molecule has 7 nitrogen and oxygen atoms in total. The molecule has 0 radical (unpaired) electrons. The zero-order valence-electron chi connectivity index (χ0n) is 15.1. The first-order valence-electron chi connectivity index (χ1n) is 9.04. The quantitative estimate of drug-likeness (QED) is 0.574. The third-order valence-corrected chi connectivity index (χ3v) is 5.31. The van der Waals surface area contributed by atoms with Gasteiger partial charge in [-0.25, -0.2) is 4.98 Å². The minimum atomic E-state index is 0.276. The molecule has 4 rings (SSSR count). The number of ether oxygens (including phenoxy) is 1. The van der Waals surface area contributed by atoms with Crippen LogP contribution in [0.1, 0.15) is 12.1 Å². The summed E-state index contributed by atoms with van der Waals surface area (Å²) in [5.41, 5.74) is 5.61. The van der Waals surface area contributed by atoms with Gasteiger partial charge in [-0.2, -0.15) is 5.10 Å². The van der Waals surface area contributed by atoms with Crippen molar-refractivity contribution in [2.45, 2.75) is 6.42 Å². The van der Waals surface area contributed by atoms with Crippen molar-refractivity contribution in [1.82, 2.24) is 15.3 Å². The van der Waals surface area contributed by atoms with Crippen LogP contribution in [0.25, 0.3) is 0 Å². The molecule has 0 spiro atoms. The first-order valence-corrected chi connectivity index (χ1v) is 9.83. The maximum atomic E-state index is 9.43. The summed E-state index contributed by atoms with van der Waals surface area (Å²) in [6.45, 7) is 3.82. The predicted octanol–water partition coefficient (Wildman–Crippen LogP) is 2.62. The number of halogens is 1. The van der Waals surface area contributed by atoms with Gasteiger partial charge in [-0.05, 0) is 36.5 Å². The van der Waals surface area contributed by atoms with Crippen LogP contribution >= 0.6 is 23.8 Å². The average molecular weight is 418 g/mol. The number of rotatable bonds is 2. The van der Waals surface area contributed by atoms with E-state index in [9.17, 15) is 5.11 Å². The zero-order valence-corrected chi connectivity index (χ0v) is 16.7. The SMILES string of the molecule is Oc1ccc(N2CCN(C(=S)N/N=C3/CCOc4cc(Cl)cnc43)CC2)cc1. The van der Waals surface area contributed by atoms with E-state index in [1.54, 1.807) is 24.4 Å². The second kappa shape index (κ2) is 8.20. The molecule has 1 aromatic heterocycles. The van der Waals surface area contributed by atoms with Crippen LogP contribution in [-0.4, -0.2) is 58.6 Å². The van der Waals surface area contributed by atoms with Gasteiger partial charge in [0.1, 0.15) is 17.2 Å². The number of phenols is 1. The number of nitrogens with one attached hydrogen (secondary N) is 1. The number of piperazine rings is 1. The van der Waals surface area contributed by atoms with E-state index in [0.717, 1.165) is 37.6 Å². The van der Waals surface area contributed by atoms with Crippen molar-refractivity contribution in [3.8, 4) is 11.5 Å². The van der Waals surface area contributed by atoms with E-state index in [2.05, 4.69) is 25.3 Å². The molecule has 0 bridgehead atoms. The van der Waals surface area contributed by atoms with E-state index in [0.29, 0.717) is 34.6 Å². The minimum absolute atomic E-state index is 0.276. The van der Waals surface area contributed by atoms with Gasteiger partial charge in [0.15, 0.2) is 5.11 Å². The van der Waals surface area contributed by atoms with Gasteiger partial charge in [-0.3, -0.25) is 5.43 Å². The summed E-state index contributed by atoms with van der Waals surface area (Å²) >= 11 is 11.5. The molecule has 146 valence electrons. The fraction of sp³-hybridized carbons (Fsp3) is 0.316. The summed E-state index contributed by atoms with van der Waals surface area (Å²) in [6.07, 6.45) is 2.25. The lowest BCUT2D eigenvalue weighted by atomic mass is 10.1. The molecule has 1 fully saturated rings. The number of hydrazone groups is 1. The van der Waals surface area contributed by atoms with Crippen LogP contribution in [0.2, 0.25) is 5.02 Å². The predicted molar refractivity (Wildman–Crippen MR) is 114 cm³/mol. The van der Waals surface area contributed by atoms with Gasteiger partial charge in [0, 0.05) is 50.6 Å². The van der Waals surface area contributed by atoms with E-state index in [1.165, 1.54) is 0 Å². The van der Waals surface area contributed by atoms with E-state index in [4.69, 9.17) is 28.6 Å². The van der Waals surface area contributed by atoms with Gasteiger partial charge >= 0.3 is 0 Å². The molecule has 0 amide bonds. The molecule has 1 saturated heterocycles. The van der Waals surface area contributed by atoms with Crippen molar-refractivity contribution in [2.24, 2.45) is 5.10 Å². The largest absolute Gasteiger partial charge is 0.508 e. The van der Waals surface area contributed by atoms with Gasteiger partial charge in [-0.15, -0.1) is 0 Å². The van der Waals surface area contributed by atoms with Crippen LogP contribution in [-0.2, 0) is 0 Å². The average Bonchev–Trinajstić information content (AvgIpc) is 2.72. The fourth-order valence-electron chi connectivity index (χ4n) is 3.25. The van der Waals surface area contributed by atoms with Gasteiger partial charge in [-0.1, -0.05) is 11.6 Å². The summed E-state index contributed by atoms with van der Waals surface area (Å²) < 4.78 is 5.60. The Hall–Kier alpha value is -2.58. The highest BCUT2D eigenvalue weighted by Gasteiger charge is 2.21. The van der Waals surface area contributed by atoms with Crippen LogP contribution in [0.4, 0.5) is 5.69 Å². The van der Waals surface area contributed by atoms with Gasteiger partial charge in [0.2, 0.25) is 0 Å². The lowest BCUT2D eigenvalue weighted by molar-refractivity contribution is 0.318. The Labute approximate surface area is 173 Å². The number of aromatic hydroxyl groups is 1. The third-order valence-electron chi connectivity index (χ3n) is 4.76. The normalized spacial score (nSPS) is 17.8. The first kappa shape index (κ1) is 18.8. The van der Waals surface area contributed by atoms with E-state index in [-0.39, 0.29) is 5.75 Å². The van der Waals surface area contributed by atoms with Crippen molar-refractivity contribution in [1.29, 1.82) is 0 Å². The molecule has 28 heavy (non-hydrogen) atoms. The maximum Gasteiger partial charge on any atom is 0.189 e. The monoisotopic (exact) mass is 417 g/mol. The van der Waals surface area contributed by atoms with E-state index < -0.39 is 0 Å². The smallest absolute Gasteiger partial charge is 0.189 e. The second-order valence-corrected chi connectivity index (χ2v) is 7.39. The van der Waals surface area contributed by atoms with Crippen molar-refractivity contribution in [3.05, 3.63) is 47.2 Å². The van der Waals surface area contributed by atoms with Crippen molar-refractivity contribution in [2.75, 3.05) is 37.7 Å². The summed E-state index contributed by atoms with van der Waals surface area (Å²) in [4.78, 5) is 8.70. The van der Waals surface area contributed by atoms with Crippen LogP contribution in [0.3, 0.4) is 0 Å². The molecular weight excluding hydrogens is 398 g/mol. The topological polar surface area (TPSA) is 73.2 Å². The Morgan fingerprint density at radius 1 is 1.21 bits per heavy atom. The molecule has 2 aromatic rings. The Balaban J connectivity index is 1.35. The second-order valence-electron chi connectivity index (χ2n) is 6.56. The van der Waals surface area contributed by atoms with Crippen molar-refractivity contribution in [3.63, 3.8) is 0 Å². The maximum absolute atomic E-state index is 9.43. The summed E-state index contributed by atoms with van der Waals surface area (Å²) in [5.74, 6) is 0.922. The molecular formula is C19H20ClN5O2S. The molecule has 0 saturated carbocycles. The number of pyridine rings is 1. The number of benzene rings is 1. The number of hydrogen-bond donors (Lipinski definition) is 2. The molecule has 0 unspecified atom stereocenters. The number of phenolic OH excluding ortho intramolecular Hbond substituents is 1. The number of fused-ring (bicyclic) bond motifs is 1. The highest BCUT2D eigenvalue weighted by Crippen LogP contribution is 2.26. The number of thiocarbonyl (C=S) groups is 1. The first-order chi connectivity index (χ1) is 13.6. The molecule has 2 N–H and O–H groups in total. The minimum Gasteiger partial charge on any atom is -0.508 e. The highest BCUT2D eigenvalue weighted by atomic mass is 35.5. The third kappa shape index (κ3) is 4.13. The lowest BCUT2D eigenvalue weighted by Gasteiger charge is -2.37. The number of hydrogen-bond acceptors (Lipinski definition) is 6. The molecule has 9 heteroatoms. The van der Waals surface area contributed by atoms with Crippen LogP contribution in [0.15, 0.2) is 41.6 Å². The zero-order chi connectivity index (χ0) is 19.5. The van der Waals surface area contributed by atoms with Gasteiger partial charge < -0.3 is 19.6 Å². The van der Waals surface area contributed by atoms with E-state index in [1.807, 2.05) is 12.1 Å². The number of aromatic nitrogens is 1. The van der Waals surface area contributed by atoms with Crippen LogP contribution < -0.4 is 15.1 Å². The summed E-state index contributed by atoms with van der Waals surface area (Å²) in [5, 5.41) is 15.0. The fourth-order valence-corrected chi connectivity index (χ4v) is 3.63. The Bertz CT molecular complexity index is 898. The highest BCUT2D eigenvalue weighted by molar-refractivity contribution is 7.80. The van der Waals surface area contributed by atoms with Crippen molar-refractivity contribution >= 4 is 40.3 Å². The van der Waals surface area contributed by atoms with Crippen molar-refractivity contribution < 1.29 is 9.84 Å².